The summed E-state index contributed by atoms with van der Waals surface area (Å²) in [6, 6.07) is 9.39. The first-order valence-corrected chi connectivity index (χ1v) is 6.16. The lowest BCUT2D eigenvalue weighted by molar-refractivity contribution is 0.453. The predicted octanol–water partition coefficient (Wildman–Crippen LogP) is 3.34. The van der Waals surface area contributed by atoms with Crippen LogP contribution in [-0.2, 0) is 6.42 Å². The second-order valence-corrected chi connectivity index (χ2v) is 4.45. The molecule has 1 aromatic heterocycles. The van der Waals surface area contributed by atoms with E-state index in [-0.39, 0.29) is 0 Å². The lowest BCUT2D eigenvalue weighted by Crippen LogP contribution is -2.05. The zero-order valence-corrected chi connectivity index (χ0v) is 10.9. The van der Waals surface area contributed by atoms with Crippen molar-refractivity contribution >= 4 is 11.6 Å². The molecule has 0 unspecified atom stereocenters. The van der Waals surface area contributed by atoms with E-state index in [2.05, 4.69) is 4.98 Å². The monoisotopic (exact) mass is 262 g/mol. The van der Waals surface area contributed by atoms with Crippen LogP contribution in [0.2, 0.25) is 5.02 Å². The summed E-state index contributed by atoms with van der Waals surface area (Å²) in [6.07, 6.45) is 2.44. The fourth-order valence-corrected chi connectivity index (χ4v) is 1.81. The molecule has 0 bridgehead atoms. The molecule has 1 aromatic carbocycles. The molecule has 0 atom stereocenters. The van der Waals surface area contributed by atoms with Crippen LogP contribution in [0.4, 0.5) is 0 Å². The predicted molar refractivity (Wildman–Crippen MR) is 73.3 cm³/mol. The van der Waals surface area contributed by atoms with Crippen molar-refractivity contribution in [3.8, 4) is 11.6 Å². The first-order chi connectivity index (χ1) is 8.70. The van der Waals surface area contributed by atoms with E-state index in [1.807, 2.05) is 31.2 Å². The molecule has 0 saturated carbocycles. The van der Waals surface area contributed by atoms with Gasteiger partial charge in [0.2, 0.25) is 5.88 Å². The summed E-state index contributed by atoms with van der Waals surface area (Å²) in [6.45, 7) is 2.54. The standard InChI is InChI=1S/C14H15ClN2O/c1-10-4-5-12(15)9-13(10)18-14-11(6-7-16)3-2-8-17-14/h2-5,8-9H,6-7,16H2,1H3. The third-order valence-corrected chi connectivity index (χ3v) is 2.86. The minimum absolute atomic E-state index is 0.566. The van der Waals surface area contributed by atoms with Gasteiger partial charge < -0.3 is 10.5 Å². The Morgan fingerprint density at radius 1 is 1.33 bits per heavy atom. The highest BCUT2D eigenvalue weighted by Gasteiger charge is 2.07. The molecule has 0 fully saturated rings. The van der Waals surface area contributed by atoms with Crippen LogP contribution in [0.3, 0.4) is 0 Å². The number of nitrogens with two attached hydrogens (primary N) is 1. The first kappa shape index (κ1) is 12.9. The van der Waals surface area contributed by atoms with E-state index >= 15 is 0 Å². The van der Waals surface area contributed by atoms with Gasteiger partial charge in [-0.3, -0.25) is 0 Å². The second-order valence-electron chi connectivity index (χ2n) is 4.02. The van der Waals surface area contributed by atoms with Gasteiger partial charge in [-0.25, -0.2) is 4.98 Å². The fraction of sp³-hybridized carbons (Fsp3) is 0.214. The Morgan fingerprint density at radius 2 is 2.17 bits per heavy atom. The Kier molecular flexibility index (Phi) is 4.18. The Labute approximate surface area is 112 Å². The zero-order chi connectivity index (χ0) is 13.0. The number of pyridine rings is 1. The fourth-order valence-electron chi connectivity index (χ4n) is 1.65. The number of hydrogen-bond donors (Lipinski definition) is 1. The van der Waals surface area contributed by atoms with E-state index in [9.17, 15) is 0 Å². The number of aromatic nitrogens is 1. The van der Waals surface area contributed by atoms with Crippen LogP contribution in [0.1, 0.15) is 11.1 Å². The normalized spacial score (nSPS) is 10.4. The summed E-state index contributed by atoms with van der Waals surface area (Å²) in [5, 5.41) is 0.645. The minimum atomic E-state index is 0.566. The smallest absolute Gasteiger partial charge is 0.222 e. The Hall–Kier alpha value is -1.58. The number of halogens is 1. The van der Waals surface area contributed by atoms with E-state index in [0.717, 1.165) is 23.3 Å². The SMILES string of the molecule is Cc1ccc(Cl)cc1Oc1ncccc1CCN. The average Bonchev–Trinajstić information content (AvgIpc) is 2.36. The van der Waals surface area contributed by atoms with Gasteiger partial charge in [0.1, 0.15) is 5.75 Å². The van der Waals surface area contributed by atoms with Crippen LogP contribution in [-0.4, -0.2) is 11.5 Å². The maximum Gasteiger partial charge on any atom is 0.222 e. The van der Waals surface area contributed by atoms with Crippen molar-refractivity contribution in [3.63, 3.8) is 0 Å². The van der Waals surface area contributed by atoms with Crippen LogP contribution in [0.5, 0.6) is 11.6 Å². The van der Waals surface area contributed by atoms with Gasteiger partial charge in [0, 0.05) is 16.8 Å². The number of rotatable bonds is 4. The summed E-state index contributed by atoms with van der Waals surface area (Å²) >= 11 is 5.96. The molecule has 0 aliphatic heterocycles. The van der Waals surface area contributed by atoms with Crippen molar-refractivity contribution in [2.75, 3.05) is 6.54 Å². The van der Waals surface area contributed by atoms with Gasteiger partial charge in [-0.1, -0.05) is 23.7 Å². The van der Waals surface area contributed by atoms with Crippen molar-refractivity contribution in [1.82, 2.24) is 4.98 Å². The van der Waals surface area contributed by atoms with Gasteiger partial charge in [0.15, 0.2) is 0 Å². The molecule has 4 heteroatoms. The summed E-state index contributed by atoms with van der Waals surface area (Å²) in [5.74, 6) is 1.31. The van der Waals surface area contributed by atoms with Gasteiger partial charge in [0.05, 0.1) is 0 Å². The molecule has 2 aromatic rings. The van der Waals surface area contributed by atoms with E-state index in [0.29, 0.717) is 17.4 Å². The van der Waals surface area contributed by atoms with Gasteiger partial charge >= 0.3 is 0 Å². The van der Waals surface area contributed by atoms with Crippen LogP contribution in [0.25, 0.3) is 0 Å². The van der Waals surface area contributed by atoms with Crippen LogP contribution in [0, 0.1) is 6.92 Å². The molecule has 0 amide bonds. The molecule has 2 N–H and O–H groups in total. The van der Waals surface area contributed by atoms with Crippen molar-refractivity contribution in [2.24, 2.45) is 5.73 Å². The molecule has 3 nitrogen and oxygen atoms in total. The highest BCUT2D eigenvalue weighted by atomic mass is 35.5. The second kappa shape index (κ2) is 5.85. The molecule has 0 aliphatic rings. The summed E-state index contributed by atoms with van der Waals surface area (Å²) < 4.78 is 5.82. The number of hydrogen-bond acceptors (Lipinski definition) is 3. The Bertz CT molecular complexity index is 543. The van der Waals surface area contributed by atoms with Crippen LogP contribution >= 0.6 is 11.6 Å². The molecule has 94 valence electrons. The number of benzene rings is 1. The maximum absolute atomic E-state index is 5.96. The van der Waals surface area contributed by atoms with Crippen molar-refractivity contribution < 1.29 is 4.74 Å². The van der Waals surface area contributed by atoms with E-state index in [4.69, 9.17) is 22.1 Å². The van der Waals surface area contributed by atoms with Crippen molar-refractivity contribution in [1.29, 1.82) is 0 Å². The maximum atomic E-state index is 5.96. The largest absolute Gasteiger partial charge is 0.438 e. The van der Waals surface area contributed by atoms with E-state index in [1.165, 1.54) is 0 Å². The number of nitrogens with zero attached hydrogens (tertiary/aromatic N) is 1. The molecule has 1 heterocycles. The zero-order valence-electron chi connectivity index (χ0n) is 10.2. The van der Waals surface area contributed by atoms with Gasteiger partial charge in [-0.15, -0.1) is 0 Å². The van der Waals surface area contributed by atoms with Gasteiger partial charge in [-0.05, 0) is 43.7 Å². The quantitative estimate of drug-likeness (QED) is 0.919. The number of aryl methyl sites for hydroxylation is 1. The third-order valence-electron chi connectivity index (χ3n) is 2.62. The first-order valence-electron chi connectivity index (χ1n) is 5.78. The lowest BCUT2D eigenvalue weighted by atomic mass is 10.2. The molecule has 18 heavy (non-hydrogen) atoms. The topological polar surface area (TPSA) is 48.1 Å². The molecule has 0 spiro atoms. The molecular formula is C14H15ClN2O. The van der Waals surface area contributed by atoms with Crippen molar-refractivity contribution in [3.05, 3.63) is 52.7 Å². The van der Waals surface area contributed by atoms with Crippen LogP contribution < -0.4 is 10.5 Å². The van der Waals surface area contributed by atoms with Crippen LogP contribution in [0.15, 0.2) is 36.5 Å². The molecule has 0 saturated heterocycles. The highest BCUT2D eigenvalue weighted by Crippen LogP contribution is 2.28. The summed E-state index contributed by atoms with van der Waals surface area (Å²) in [5.41, 5.74) is 7.59. The minimum Gasteiger partial charge on any atom is -0.438 e. The average molecular weight is 263 g/mol. The number of ether oxygens (including phenoxy) is 1. The van der Waals surface area contributed by atoms with E-state index < -0.39 is 0 Å². The highest BCUT2D eigenvalue weighted by molar-refractivity contribution is 6.30. The van der Waals surface area contributed by atoms with E-state index in [1.54, 1.807) is 12.3 Å². The Balaban J connectivity index is 2.30. The third kappa shape index (κ3) is 3.00. The summed E-state index contributed by atoms with van der Waals surface area (Å²) in [7, 11) is 0. The van der Waals surface area contributed by atoms with Crippen molar-refractivity contribution in [2.45, 2.75) is 13.3 Å². The van der Waals surface area contributed by atoms with Gasteiger partial charge in [0.25, 0.3) is 0 Å². The molecule has 2 rings (SSSR count). The summed E-state index contributed by atoms with van der Waals surface area (Å²) in [4.78, 5) is 4.24. The Morgan fingerprint density at radius 3 is 2.94 bits per heavy atom. The molecular weight excluding hydrogens is 248 g/mol. The lowest BCUT2D eigenvalue weighted by Gasteiger charge is -2.11. The van der Waals surface area contributed by atoms with Gasteiger partial charge in [-0.2, -0.15) is 0 Å². The molecule has 0 radical (unpaired) electrons. The molecule has 0 aliphatic carbocycles.